The minimum Gasteiger partial charge on any atom is -0.480 e. The molecule has 0 aliphatic carbocycles. The summed E-state index contributed by atoms with van der Waals surface area (Å²) in [5, 5.41) is 26.8. The number of carbonyl (C=O) groups is 5. The Bertz CT molecular complexity index is 1100. The lowest BCUT2D eigenvalue weighted by molar-refractivity contribution is -0.145. The van der Waals surface area contributed by atoms with E-state index in [9.17, 15) is 34.2 Å². The number of aromatic nitrogens is 1. The van der Waals surface area contributed by atoms with Gasteiger partial charge < -0.3 is 42.6 Å². The second-order valence-electron chi connectivity index (χ2n) is 8.21. The first-order valence-corrected chi connectivity index (χ1v) is 10.8. The maximum Gasteiger partial charge on any atom is 0.328 e. The number of fused-ring (bicyclic) bond motifs is 1. The normalized spacial score (nSPS) is 15.3. The van der Waals surface area contributed by atoms with Gasteiger partial charge in [-0.3, -0.25) is 19.2 Å². The zero-order valence-electron chi connectivity index (χ0n) is 19.3. The van der Waals surface area contributed by atoms with Crippen LogP contribution in [0.3, 0.4) is 0 Å². The van der Waals surface area contributed by atoms with E-state index in [1.807, 2.05) is 12.1 Å². The molecule has 0 radical (unpaired) electrons. The summed E-state index contributed by atoms with van der Waals surface area (Å²) in [7, 11) is 0. The van der Waals surface area contributed by atoms with Crippen molar-refractivity contribution in [3.05, 3.63) is 36.0 Å². The molecule has 35 heavy (non-hydrogen) atoms. The Kier molecular flexibility index (Phi) is 9.31. The molecule has 1 aromatic carbocycles. The molecule has 13 heteroatoms. The molecule has 1 aromatic heterocycles. The highest BCUT2D eigenvalue weighted by molar-refractivity contribution is 5.96. The van der Waals surface area contributed by atoms with Crippen molar-refractivity contribution in [1.29, 1.82) is 0 Å². The standard InChI is InChI=1S/C22H30N6O7/c1-10(23)19(31)26-16(8-17(24)30)20(32)27-15(21(33)28-18(11(2)29)22(34)35)7-12-9-25-14-6-4-3-5-13(12)14/h3-6,9-11,15-16,18,25,29H,7-8,23H2,1-2H3,(H2,24,30)(H,26,31)(H,27,32)(H,28,33)(H,34,35). The summed E-state index contributed by atoms with van der Waals surface area (Å²) in [4.78, 5) is 64.0. The minimum atomic E-state index is -1.64. The summed E-state index contributed by atoms with van der Waals surface area (Å²) in [6.45, 7) is 2.57. The molecule has 13 nitrogen and oxygen atoms in total. The van der Waals surface area contributed by atoms with Gasteiger partial charge in [-0.15, -0.1) is 0 Å². The molecular weight excluding hydrogens is 460 g/mol. The van der Waals surface area contributed by atoms with Crippen LogP contribution in [0, 0.1) is 0 Å². The van der Waals surface area contributed by atoms with Gasteiger partial charge in [0.25, 0.3) is 0 Å². The molecule has 0 spiro atoms. The fourth-order valence-electron chi connectivity index (χ4n) is 3.36. The van der Waals surface area contributed by atoms with Gasteiger partial charge in [0.15, 0.2) is 6.04 Å². The van der Waals surface area contributed by atoms with Crippen LogP contribution >= 0.6 is 0 Å². The molecule has 1 heterocycles. The largest absolute Gasteiger partial charge is 0.480 e. The molecular formula is C22H30N6O7. The van der Waals surface area contributed by atoms with Crippen molar-refractivity contribution in [2.45, 2.75) is 57.0 Å². The van der Waals surface area contributed by atoms with Crippen LogP contribution in [-0.4, -0.2) is 75.1 Å². The van der Waals surface area contributed by atoms with Crippen LogP contribution in [0.4, 0.5) is 0 Å². The van der Waals surface area contributed by atoms with E-state index in [1.165, 1.54) is 13.8 Å². The maximum absolute atomic E-state index is 13.0. The van der Waals surface area contributed by atoms with Crippen LogP contribution in [0.1, 0.15) is 25.8 Å². The average molecular weight is 491 g/mol. The number of amides is 4. The second-order valence-corrected chi connectivity index (χ2v) is 8.21. The van der Waals surface area contributed by atoms with E-state index in [4.69, 9.17) is 11.5 Å². The highest BCUT2D eigenvalue weighted by atomic mass is 16.4. The Labute approximate surface area is 200 Å². The summed E-state index contributed by atoms with van der Waals surface area (Å²) in [5.74, 6) is -4.87. The smallest absolute Gasteiger partial charge is 0.328 e. The van der Waals surface area contributed by atoms with Gasteiger partial charge in [-0.1, -0.05) is 18.2 Å². The number of aliphatic carboxylic acids is 1. The maximum atomic E-state index is 13.0. The van der Waals surface area contributed by atoms with E-state index in [-0.39, 0.29) is 6.42 Å². The highest BCUT2D eigenvalue weighted by Crippen LogP contribution is 2.19. The average Bonchev–Trinajstić information content (AvgIpc) is 3.18. The number of nitrogens with one attached hydrogen (secondary N) is 4. The SMILES string of the molecule is CC(N)C(=O)NC(CC(N)=O)C(=O)NC(Cc1c[nH]c2ccccc12)C(=O)NC(C(=O)O)C(C)O. The number of H-pyrrole nitrogens is 1. The third-order valence-electron chi connectivity index (χ3n) is 5.23. The van der Waals surface area contributed by atoms with Crippen LogP contribution in [0.5, 0.6) is 0 Å². The fourth-order valence-corrected chi connectivity index (χ4v) is 3.36. The quantitative estimate of drug-likeness (QED) is 0.163. The zero-order chi connectivity index (χ0) is 26.3. The highest BCUT2D eigenvalue weighted by Gasteiger charge is 2.32. The summed E-state index contributed by atoms with van der Waals surface area (Å²) < 4.78 is 0. The Morgan fingerprint density at radius 3 is 2.14 bits per heavy atom. The Balaban J connectivity index is 2.34. The first-order valence-electron chi connectivity index (χ1n) is 10.8. The number of hydrogen-bond donors (Lipinski definition) is 8. The molecule has 5 atom stereocenters. The Morgan fingerprint density at radius 2 is 1.57 bits per heavy atom. The van der Waals surface area contributed by atoms with E-state index in [0.717, 1.165) is 10.9 Å². The molecule has 190 valence electrons. The first-order chi connectivity index (χ1) is 16.4. The minimum absolute atomic E-state index is 0.0712. The van der Waals surface area contributed by atoms with Crippen LogP contribution in [-0.2, 0) is 30.4 Å². The molecule has 10 N–H and O–H groups in total. The first kappa shape index (κ1) is 27.3. The van der Waals surface area contributed by atoms with Gasteiger partial charge in [-0.25, -0.2) is 4.79 Å². The number of aliphatic hydroxyl groups is 1. The van der Waals surface area contributed by atoms with Gasteiger partial charge in [0.1, 0.15) is 12.1 Å². The number of hydrogen-bond acceptors (Lipinski definition) is 7. The Morgan fingerprint density at radius 1 is 0.971 bits per heavy atom. The van der Waals surface area contributed by atoms with Gasteiger partial charge in [-0.2, -0.15) is 0 Å². The lowest BCUT2D eigenvalue weighted by Crippen LogP contribution is -2.59. The third-order valence-corrected chi connectivity index (χ3v) is 5.23. The van der Waals surface area contributed by atoms with Crippen molar-refractivity contribution in [3.63, 3.8) is 0 Å². The van der Waals surface area contributed by atoms with Crippen LogP contribution < -0.4 is 27.4 Å². The van der Waals surface area contributed by atoms with E-state index >= 15 is 0 Å². The predicted octanol–water partition coefficient (Wildman–Crippen LogP) is -2.15. The van der Waals surface area contributed by atoms with Crippen molar-refractivity contribution in [2.24, 2.45) is 11.5 Å². The van der Waals surface area contributed by atoms with Gasteiger partial charge >= 0.3 is 5.97 Å². The molecule has 0 saturated carbocycles. The van der Waals surface area contributed by atoms with Crippen molar-refractivity contribution in [2.75, 3.05) is 0 Å². The summed E-state index contributed by atoms with van der Waals surface area (Å²) in [6, 6.07) is 1.84. The molecule has 0 fully saturated rings. The molecule has 0 bridgehead atoms. The zero-order valence-corrected chi connectivity index (χ0v) is 19.3. The third kappa shape index (κ3) is 7.52. The van der Waals surface area contributed by atoms with E-state index < -0.39 is 66.3 Å². The van der Waals surface area contributed by atoms with Gasteiger partial charge in [0, 0.05) is 23.5 Å². The van der Waals surface area contributed by atoms with Crippen molar-refractivity contribution < 1.29 is 34.2 Å². The van der Waals surface area contributed by atoms with Crippen molar-refractivity contribution in [1.82, 2.24) is 20.9 Å². The van der Waals surface area contributed by atoms with E-state index in [0.29, 0.717) is 5.56 Å². The molecule has 2 rings (SSSR count). The number of para-hydroxylation sites is 1. The number of rotatable bonds is 12. The van der Waals surface area contributed by atoms with E-state index in [2.05, 4.69) is 20.9 Å². The Hall–Kier alpha value is -3.97. The van der Waals surface area contributed by atoms with Gasteiger partial charge in [0.2, 0.25) is 23.6 Å². The summed E-state index contributed by atoms with van der Waals surface area (Å²) in [5.41, 5.74) is 12.1. The number of aromatic amines is 1. The predicted molar refractivity (Wildman–Crippen MR) is 125 cm³/mol. The monoisotopic (exact) mass is 490 g/mol. The molecule has 0 aliphatic heterocycles. The number of benzene rings is 1. The lowest BCUT2D eigenvalue weighted by Gasteiger charge is -2.25. The molecule has 0 aliphatic rings. The number of nitrogens with two attached hydrogens (primary N) is 2. The van der Waals surface area contributed by atoms with Gasteiger partial charge in [-0.05, 0) is 25.5 Å². The lowest BCUT2D eigenvalue weighted by atomic mass is 10.0. The van der Waals surface area contributed by atoms with E-state index in [1.54, 1.807) is 18.3 Å². The van der Waals surface area contributed by atoms with Gasteiger partial charge in [0.05, 0.1) is 18.6 Å². The summed E-state index contributed by atoms with van der Waals surface area (Å²) >= 11 is 0. The number of primary amides is 1. The molecule has 4 amide bonds. The molecule has 5 unspecified atom stereocenters. The number of carboxylic acid groups (broad SMARTS) is 1. The number of aliphatic hydroxyl groups excluding tert-OH is 1. The van der Waals surface area contributed by atoms with Crippen molar-refractivity contribution >= 4 is 40.5 Å². The topological polar surface area (TPSA) is 230 Å². The summed E-state index contributed by atoms with van der Waals surface area (Å²) in [6.07, 6.45) is -0.414. The molecule has 2 aromatic rings. The van der Waals surface area contributed by atoms with Crippen molar-refractivity contribution in [3.8, 4) is 0 Å². The number of carbonyl (C=O) groups excluding carboxylic acids is 4. The van der Waals surface area contributed by atoms with Crippen LogP contribution in [0.25, 0.3) is 10.9 Å². The van der Waals surface area contributed by atoms with Crippen LogP contribution in [0.15, 0.2) is 30.5 Å². The number of carboxylic acids is 1. The van der Waals surface area contributed by atoms with Crippen LogP contribution in [0.2, 0.25) is 0 Å². The molecule has 0 saturated heterocycles. The fraction of sp³-hybridized carbons (Fsp3) is 0.409. The second kappa shape index (κ2) is 11.9.